The summed E-state index contributed by atoms with van der Waals surface area (Å²) < 4.78 is 5.49. The summed E-state index contributed by atoms with van der Waals surface area (Å²) in [6.45, 7) is 6.67. The Balaban J connectivity index is 1.77. The standard InChI is InChI=1S/C17H30N2O2/c1-3-21-16(20)17(14-7-8-14,18-15-9-10-15)12-19-11-5-4-6-13(19)2/h13-15,18H,3-12H2,1-2H3. The molecule has 2 saturated carbocycles. The van der Waals surface area contributed by atoms with Gasteiger partial charge in [-0.1, -0.05) is 6.42 Å². The van der Waals surface area contributed by atoms with Crippen LogP contribution in [0.4, 0.5) is 0 Å². The first-order chi connectivity index (χ1) is 10.2. The maximum atomic E-state index is 12.8. The van der Waals surface area contributed by atoms with E-state index >= 15 is 0 Å². The summed E-state index contributed by atoms with van der Waals surface area (Å²) in [7, 11) is 0. The predicted molar refractivity (Wildman–Crippen MR) is 83.1 cm³/mol. The summed E-state index contributed by atoms with van der Waals surface area (Å²) in [5.41, 5.74) is -0.442. The van der Waals surface area contributed by atoms with Gasteiger partial charge in [-0.25, -0.2) is 4.79 Å². The molecule has 0 bridgehead atoms. The predicted octanol–water partition coefficient (Wildman–Crippen LogP) is 2.32. The molecule has 2 atom stereocenters. The van der Waals surface area contributed by atoms with E-state index in [1.807, 2.05) is 6.92 Å². The van der Waals surface area contributed by atoms with Crippen molar-refractivity contribution in [1.29, 1.82) is 0 Å². The quantitative estimate of drug-likeness (QED) is 0.732. The number of ether oxygens (including phenoxy) is 1. The van der Waals surface area contributed by atoms with Crippen LogP contribution in [0.1, 0.15) is 58.8 Å². The number of esters is 1. The molecule has 0 aromatic rings. The smallest absolute Gasteiger partial charge is 0.327 e. The minimum absolute atomic E-state index is 0.00262. The minimum atomic E-state index is -0.442. The SMILES string of the molecule is CCOC(=O)C(CN1CCCCC1C)(NC1CC1)C1CC1. The molecule has 2 unspecified atom stereocenters. The number of carbonyl (C=O) groups excluding carboxylic acids is 1. The van der Waals surface area contributed by atoms with Crippen LogP contribution in [0.5, 0.6) is 0 Å². The zero-order chi connectivity index (χ0) is 14.9. The van der Waals surface area contributed by atoms with Crippen LogP contribution < -0.4 is 5.32 Å². The van der Waals surface area contributed by atoms with Crippen LogP contribution in [0.15, 0.2) is 0 Å². The molecule has 0 aromatic heterocycles. The Morgan fingerprint density at radius 1 is 1.24 bits per heavy atom. The van der Waals surface area contributed by atoms with E-state index < -0.39 is 5.54 Å². The maximum Gasteiger partial charge on any atom is 0.327 e. The summed E-state index contributed by atoms with van der Waals surface area (Å²) >= 11 is 0. The first-order valence-electron chi connectivity index (χ1n) is 8.84. The van der Waals surface area contributed by atoms with Gasteiger partial charge < -0.3 is 4.74 Å². The summed E-state index contributed by atoms with van der Waals surface area (Å²) in [5.74, 6) is 0.475. The molecular formula is C17H30N2O2. The van der Waals surface area contributed by atoms with Crippen molar-refractivity contribution < 1.29 is 9.53 Å². The number of nitrogens with zero attached hydrogens (tertiary/aromatic N) is 1. The van der Waals surface area contributed by atoms with Crippen LogP contribution in [-0.2, 0) is 9.53 Å². The fourth-order valence-electron chi connectivity index (χ4n) is 3.72. The molecule has 1 saturated heterocycles. The van der Waals surface area contributed by atoms with Crippen LogP contribution in [0.3, 0.4) is 0 Å². The minimum Gasteiger partial charge on any atom is -0.465 e. The van der Waals surface area contributed by atoms with Gasteiger partial charge in [0.15, 0.2) is 0 Å². The van der Waals surface area contributed by atoms with Crippen LogP contribution in [-0.4, -0.2) is 48.2 Å². The second kappa shape index (κ2) is 6.25. The van der Waals surface area contributed by atoms with E-state index in [0.29, 0.717) is 24.6 Å². The van der Waals surface area contributed by atoms with Gasteiger partial charge in [-0.05, 0) is 64.8 Å². The van der Waals surface area contributed by atoms with Gasteiger partial charge in [-0.2, -0.15) is 0 Å². The van der Waals surface area contributed by atoms with Crippen molar-refractivity contribution in [2.24, 2.45) is 5.92 Å². The molecule has 0 spiro atoms. The lowest BCUT2D eigenvalue weighted by Crippen LogP contribution is -2.63. The summed E-state index contributed by atoms with van der Waals surface area (Å²) in [6, 6.07) is 1.13. The third-order valence-electron chi connectivity index (χ3n) is 5.35. The highest BCUT2D eigenvalue weighted by molar-refractivity contribution is 5.82. The van der Waals surface area contributed by atoms with Crippen molar-refractivity contribution in [3.05, 3.63) is 0 Å². The van der Waals surface area contributed by atoms with E-state index in [1.165, 1.54) is 44.9 Å². The average molecular weight is 294 g/mol. The number of carbonyl (C=O) groups is 1. The number of nitrogens with one attached hydrogen (secondary N) is 1. The summed E-state index contributed by atoms with van der Waals surface area (Å²) in [4.78, 5) is 15.3. The molecule has 3 fully saturated rings. The molecule has 120 valence electrons. The molecule has 2 aliphatic carbocycles. The molecule has 1 aliphatic heterocycles. The summed E-state index contributed by atoms with van der Waals surface area (Å²) in [5, 5.41) is 3.70. The lowest BCUT2D eigenvalue weighted by molar-refractivity contribution is -0.154. The average Bonchev–Trinajstić information content (AvgIpc) is 3.34. The van der Waals surface area contributed by atoms with Gasteiger partial charge in [-0.15, -0.1) is 0 Å². The fourth-order valence-corrected chi connectivity index (χ4v) is 3.72. The van der Waals surface area contributed by atoms with Gasteiger partial charge in [0.25, 0.3) is 0 Å². The highest BCUT2D eigenvalue weighted by Gasteiger charge is 2.55. The highest BCUT2D eigenvalue weighted by Crippen LogP contribution is 2.43. The van der Waals surface area contributed by atoms with Crippen molar-refractivity contribution >= 4 is 5.97 Å². The zero-order valence-corrected chi connectivity index (χ0v) is 13.6. The molecule has 0 radical (unpaired) electrons. The van der Waals surface area contributed by atoms with Gasteiger partial charge in [0.2, 0.25) is 0 Å². The largest absolute Gasteiger partial charge is 0.465 e. The molecule has 3 rings (SSSR count). The van der Waals surface area contributed by atoms with Crippen molar-refractivity contribution in [3.63, 3.8) is 0 Å². The third-order valence-corrected chi connectivity index (χ3v) is 5.35. The molecule has 3 aliphatic rings. The first kappa shape index (κ1) is 15.3. The number of likely N-dealkylation sites (tertiary alicyclic amines) is 1. The second-order valence-electron chi connectivity index (χ2n) is 7.20. The Hall–Kier alpha value is -0.610. The highest BCUT2D eigenvalue weighted by atomic mass is 16.5. The molecule has 0 aromatic carbocycles. The Morgan fingerprint density at radius 2 is 2.00 bits per heavy atom. The maximum absolute atomic E-state index is 12.8. The monoisotopic (exact) mass is 294 g/mol. The van der Waals surface area contributed by atoms with Crippen molar-refractivity contribution in [1.82, 2.24) is 10.2 Å². The molecule has 1 N–H and O–H groups in total. The number of hydrogen-bond acceptors (Lipinski definition) is 4. The number of piperidine rings is 1. The van der Waals surface area contributed by atoms with Gasteiger partial charge in [0.1, 0.15) is 5.54 Å². The normalized spacial score (nSPS) is 29.9. The fraction of sp³-hybridized carbons (Fsp3) is 0.941. The lowest BCUT2D eigenvalue weighted by atomic mass is 9.89. The van der Waals surface area contributed by atoms with Crippen molar-refractivity contribution in [2.45, 2.75) is 76.4 Å². The van der Waals surface area contributed by atoms with Crippen molar-refractivity contribution in [3.8, 4) is 0 Å². The molecule has 0 amide bonds. The van der Waals surface area contributed by atoms with E-state index in [0.717, 1.165) is 13.1 Å². The summed E-state index contributed by atoms with van der Waals surface area (Å²) in [6.07, 6.45) is 8.60. The molecule has 4 heteroatoms. The third kappa shape index (κ3) is 3.42. The molecule has 1 heterocycles. The first-order valence-corrected chi connectivity index (χ1v) is 8.84. The van der Waals surface area contributed by atoms with Crippen molar-refractivity contribution in [2.75, 3.05) is 19.7 Å². The van der Waals surface area contributed by atoms with E-state index in [-0.39, 0.29) is 5.97 Å². The van der Waals surface area contributed by atoms with E-state index in [9.17, 15) is 4.79 Å². The zero-order valence-electron chi connectivity index (χ0n) is 13.6. The Bertz CT molecular complexity index is 379. The molecule has 4 nitrogen and oxygen atoms in total. The lowest BCUT2D eigenvalue weighted by Gasteiger charge is -2.42. The number of rotatable bonds is 7. The van der Waals surface area contributed by atoms with E-state index in [1.54, 1.807) is 0 Å². The van der Waals surface area contributed by atoms with Gasteiger partial charge in [0.05, 0.1) is 6.61 Å². The topological polar surface area (TPSA) is 41.6 Å². The molecular weight excluding hydrogens is 264 g/mol. The van der Waals surface area contributed by atoms with Gasteiger partial charge in [-0.3, -0.25) is 10.2 Å². The second-order valence-corrected chi connectivity index (χ2v) is 7.20. The Kier molecular flexibility index (Phi) is 4.55. The van der Waals surface area contributed by atoms with Gasteiger partial charge in [0, 0.05) is 18.6 Å². The van der Waals surface area contributed by atoms with Crippen LogP contribution in [0, 0.1) is 5.92 Å². The molecule has 21 heavy (non-hydrogen) atoms. The van der Waals surface area contributed by atoms with E-state index in [2.05, 4.69) is 17.1 Å². The van der Waals surface area contributed by atoms with Crippen LogP contribution in [0.2, 0.25) is 0 Å². The van der Waals surface area contributed by atoms with Crippen LogP contribution >= 0.6 is 0 Å². The van der Waals surface area contributed by atoms with Gasteiger partial charge >= 0.3 is 5.97 Å². The Morgan fingerprint density at radius 3 is 2.57 bits per heavy atom. The number of hydrogen-bond donors (Lipinski definition) is 1. The Labute approximate surface area is 128 Å². The van der Waals surface area contributed by atoms with E-state index in [4.69, 9.17) is 4.74 Å². The van der Waals surface area contributed by atoms with Crippen LogP contribution in [0.25, 0.3) is 0 Å².